The van der Waals surface area contributed by atoms with Gasteiger partial charge in [0, 0.05) is 43.4 Å². The van der Waals surface area contributed by atoms with Crippen LogP contribution >= 0.6 is 0 Å². The van der Waals surface area contributed by atoms with Crippen molar-refractivity contribution in [2.75, 3.05) is 28.6 Å². The normalized spacial score (nSPS) is 21.5. The SMILES string of the molecule is CC(C)(C)OC(=O)N1CCC(Nc2cc(Nc3ccc(N4C(=O)[C@H]5CC[C@@H]4C5)cn3)ncc2C(N)=O)CC1. The first-order valence-electron chi connectivity index (χ1n) is 13.2. The number of ether oxygens (including phenoxy) is 1. The van der Waals surface area contributed by atoms with Crippen molar-refractivity contribution < 1.29 is 19.1 Å². The number of amides is 3. The Labute approximate surface area is 222 Å². The van der Waals surface area contributed by atoms with Gasteiger partial charge in [0.25, 0.3) is 5.91 Å². The van der Waals surface area contributed by atoms with Crippen molar-refractivity contribution in [1.82, 2.24) is 14.9 Å². The van der Waals surface area contributed by atoms with Crippen molar-refractivity contribution in [2.45, 2.75) is 70.6 Å². The maximum Gasteiger partial charge on any atom is 0.410 e. The number of likely N-dealkylation sites (tertiary alicyclic amines) is 1. The molecule has 38 heavy (non-hydrogen) atoms. The second-order valence-corrected chi connectivity index (χ2v) is 11.3. The molecule has 2 aliphatic heterocycles. The smallest absolute Gasteiger partial charge is 0.410 e. The number of pyridine rings is 2. The minimum atomic E-state index is -0.579. The molecule has 0 radical (unpaired) electrons. The van der Waals surface area contributed by atoms with Gasteiger partial charge >= 0.3 is 6.09 Å². The Morgan fingerprint density at radius 1 is 1.05 bits per heavy atom. The number of anilines is 4. The van der Waals surface area contributed by atoms with Gasteiger partial charge in [0.15, 0.2) is 0 Å². The molecule has 11 heteroatoms. The monoisotopic (exact) mass is 521 g/mol. The van der Waals surface area contributed by atoms with Gasteiger partial charge in [-0.05, 0) is 65.0 Å². The number of carbonyl (C=O) groups excluding carboxylic acids is 3. The van der Waals surface area contributed by atoms with Gasteiger partial charge in [-0.1, -0.05) is 0 Å². The van der Waals surface area contributed by atoms with E-state index < -0.39 is 11.5 Å². The maximum atomic E-state index is 12.5. The molecular weight excluding hydrogens is 486 g/mol. The zero-order valence-corrected chi connectivity index (χ0v) is 22.1. The van der Waals surface area contributed by atoms with Crippen molar-refractivity contribution in [3.05, 3.63) is 36.2 Å². The molecule has 3 fully saturated rings. The first-order valence-corrected chi connectivity index (χ1v) is 13.2. The second-order valence-electron chi connectivity index (χ2n) is 11.3. The van der Waals surface area contributed by atoms with Gasteiger partial charge in [-0.25, -0.2) is 14.8 Å². The van der Waals surface area contributed by atoms with Gasteiger partial charge in [0.1, 0.15) is 17.2 Å². The lowest BCUT2D eigenvalue weighted by atomic mass is 10.0. The molecule has 4 heterocycles. The van der Waals surface area contributed by atoms with Crippen LogP contribution in [0, 0.1) is 5.92 Å². The third kappa shape index (κ3) is 5.51. The summed E-state index contributed by atoms with van der Waals surface area (Å²) in [5.41, 5.74) is 6.73. The number of nitrogens with one attached hydrogen (secondary N) is 2. The second kappa shape index (κ2) is 10.1. The molecule has 2 saturated heterocycles. The molecule has 5 rings (SSSR count). The average Bonchev–Trinajstić information content (AvgIpc) is 3.46. The van der Waals surface area contributed by atoms with E-state index in [1.165, 1.54) is 6.20 Å². The molecule has 202 valence electrons. The Bertz CT molecular complexity index is 1220. The molecule has 11 nitrogen and oxygen atoms in total. The lowest BCUT2D eigenvalue weighted by molar-refractivity contribution is -0.121. The summed E-state index contributed by atoms with van der Waals surface area (Å²) >= 11 is 0. The van der Waals surface area contributed by atoms with Gasteiger partial charge in [0.05, 0.1) is 23.1 Å². The van der Waals surface area contributed by atoms with Crippen LogP contribution in [0.2, 0.25) is 0 Å². The van der Waals surface area contributed by atoms with E-state index in [1.807, 2.05) is 37.8 Å². The van der Waals surface area contributed by atoms with Crippen LogP contribution in [0.5, 0.6) is 0 Å². The quantitative estimate of drug-likeness (QED) is 0.523. The number of hydrogen-bond acceptors (Lipinski definition) is 8. The predicted octanol–water partition coefficient (Wildman–Crippen LogP) is 3.65. The van der Waals surface area contributed by atoms with E-state index in [4.69, 9.17) is 10.5 Å². The molecule has 2 aromatic rings. The summed E-state index contributed by atoms with van der Waals surface area (Å²) in [6.45, 7) is 6.64. The molecule has 1 aliphatic carbocycles. The molecular formula is C27H35N7O4. The Kier molecular flexibility index (Phi) is 6.85. The van der Waals surface area contributed by atoms with Crippen LogP contribution < -0.4 is 21.3 Å². The molecule has 1 saturated carbocycles. The minimum absolute atomic E-state index is 0.0489. The lowest BCUT2D eigenvalue weighted by Gasteiger charge is -2.34. The van der Waals surface area contributed by atoms with Crippen LogP contribution in [0.3, 0.4) is 0 Å². The number of nitrogens with two attached hydrogens (primary N) is 1. The number of aromatic nitrogens is 2. The zero-order valence-electron chi connectivity index (χ0n) is 22.1. The van der Waals surface area contributed by atoms with E-state index in [9.17, 15) is 14.4 Å². The van der Waals surface area contributed by atoms with Crippen molar-refractivity contribution in [1.29, 1.82) is 0 Å². The van der Waals surface area contributed by atoms with Crippen molar-refractivity contribution in [3.63, 3.8) is 0 Å². The Balaban J connectivity index is 1.23. The van der Waals surface area contributed by atoms with Crippen molar-refractivity contribution in [2.24, 2.45) is 11.7 Å². The van der Waals surface area contributed by atoms with E-state index in [2.05, 4.69) is 20.6 Å². The molecule has 0 aromatic carbocycles. The Morgan fingerprint density at radius 3 is 2.39 bits per heavy atom. The van der Waals surface area contributed by atoms with E-state index in [0.29, 0.717) is 43.3 Å². The van der Waals surface area contributed by atoms with Crippen LogP contribution in [0.15, 0.2) is 30.6 Å². The highest BCUT2D eigenvalue weighted by atomic mass is 16.6. The number of rotatable bonds is 6. The predicted molar refractivity (Wildman–Crippen MR) is 143 cm³/mol. The first kappa shape index (κ1) is 25.7. The molecule has 3 aliphatic rings. The molecule has 2 aromatic heterocycles. The Morgan fingerprint density at radius 2 is 1.79 bits per heavy atom. The minimum Gasteiger partial charge on any atom is -0.444 e. The fraction of sp³-hybridized carbons (Fsp3) is 0.519. The average molecular weight is 522 g/mol. The van der Waals surface area contributed by atoms with Gasteiger partial charge in [-0.3, -0.25) is 9.59 Å². The topological polar surface area (TPSA) is 143 Å². The van der Waals surface area contributed by atoms with Crippen molar-refractivity contribution >= 4 is 40.9 Å². The fourth-order valence-electron chi connectivity index (χ4n) is 5.46. The van der Waals surface area contributed by atoms with Crippen molar-refractivity contribution in [3.8, 4) is 0 Å². The number of nitrogens with zero attached hydrogens (tertiary/aromatic N) is 4. The molecule has 2 atom stereocenters. The molecule has 4 N–H and O–H groups in total. The highest BCUT2D eigenvalue weighted by Gasteiger charge is 2.45. The number of carbonyl (C=O) groups is 3. The highest BCUT2D eigenvalue weighted by Crippen LogP contribution is 2.41. The molecule has 3 amide bonds. The van der Waals surface area contributed by atoms with E-state index in [1.54, 1.807) is 17.2 Å². The summed E-state index contributed by atoms with van der Waals surface area (Å²) in [6, 6.07) is 5.77. The fourth-order valence-corrected chi connectivity index (χ4v) is 5.46. The zero-order chi connectivity index (χ0) is 27.0. The lowest BCUT2D eigenvalue weighted by Crippen LogP contribution is -2.44. The van der Waals surface area contributed by atoms with Gasteiger partial charge < -0.3 is 30.9 Å². The van der Waals surface area contributed by atoms with Crippen LogP contribution in [0.4, 0.5) is 27.8 Å². The summed E-state index contributed by atoms with van der Waals surface area (Å²) < 4.78 is 5.47. The van der Waals surface area contributed by atoms with E-state index in [-0.39, 0.29) is 35.6 Å². The van der Waals surface area contributed by atoms with Crippen LogP contribution in [-0.2, 0) is 9.53 Å². The summed E-state index contributed by atoms with van der Waals surface area (Å²) in [7, 11) is 0. The highest BCUT2D eigenvalue weighted by molar-refractivity contribution is 5.99. The number of piperidine rings is 2. The van der Waals surface area contributed by atoms with Gasteiger partial charge in [-0.2, -0.15) is 0 Å². The van der Waals surface area contributed by atoms with E-state index >= 15 is 0 Å². The van der Waals surface area contributed by atoms with Crippen LogP contribution in [0.25, 0.3) is 0 Å². The number of hydrogen-bond donors (Lipinski definition) is 3. The van der Waals surface area contributed by atoms with Gasteiger partial charge in [0.2, 0.25) is 5.91 Å². The van der Waals surface area contributed by atoms with Crippen LogP contribution in [-0.4, -0.2) is 63.5 Å². The molecule has 2 bridgehead atoms. The van der Waals surface area contributed by atoms with Gasteiger partial charge in [-0.15, -0.1) is 0 Å². The summed E-state index contributed by atoms with van der Waals surface area (Å²) in [5.74, 6) is 0.841. The first-order chi connectivity index (χ1) is 18.1. The third-order valence-corrected chi connectivity index (χ3v) is 7.31. The molecule has 0 spiro atoms. The summed E-state index contributed by atoms with van der Waals surface area (Å²) in [4.78, 5) is 49.4. The third-order valence-electron chi connectivity index (χ3n) is 7.31. The summed E-state index contributed by atoms with van der Waals surface area (Å²) in [6.07, 6.45) is 7.19. The van der Waals surface area contributed by atoms with E-state index in [0.717, 1.165) is 24.9 Å². The summed E-state index contributed by atoms with van der Waals surface area (Å²) in [5, 5.41) is 6.57. The standard InChI is InChI=1S/C27H35N7O4/c1-27(2,3)38-26(37)33-10-8-17(9-11-33)31-21-13-23(30-15-20(21)24(28)35)32-22-7-6-19(14-29-22)34-18-5-4-16(12-18)25(34)36/h6-7,13-18H,4-5,8-12H2,1-3H3,(H2,28,35)(H2,29,30,31,32)/t16-,18+/m0/s1. The number of fused-ring (bicyclic) bond motifs is 2. The van der Waals surface area contributed by atoms with Crippen LogP contribution in [0.1, 0.15) is 63.2 Å². The molecule has 0 unspecified atom stereocenters. The largest absolute Gasteiger partial charge is 0.444 e. The number of primary amides is 1. The maximum absolute atomic E-state index is 12.5. The Hall–Kier alpha value is -3.89.